The first-order chi connectivity index (χ1) is 12.5. The molecule has 1 aliphatic heterocycles. The minimum absolute atomic E-state index is 0.195. The molecule has 8 nitrogen and oxygen atoms in total. The number of aromatic nitrogens is 3. The Morgan fingerprint density at radius 3 is 2.62 bits per heavy atom. The maximum absolute atomic E-state index is 12.1. The molecular formula is C17H22ClN7O. The second kappa shape index (κ2) is 8.18. The van der Waals surface area contributed by atoms with Gasteiger partial charge in [-0.3, -0.25) is 0 Å². The number of hydrogen-bond acceptors (Lipinski definition) is 6. The summed E-state index contributed by atoms with van der Waals surface area (Å²) in [6.07, 6.45) is 2.27. The first-order valence-electron chi connectivity index (χ1n) is 8.49. The van der Waals surface area contributed by atoms with Crippen LogP contribution in [0.25, 0.3) is 0 Å². The standard InChI is InChI=1S/C17H22ClN7O/c1-24(2)15-21-14(22-16(23-15)25-9-5-6-10-25)11-19-17(26)20-13-8-4-3-7-12(13)18/h3-4,7-8H,5-6,9-11H2,1-2H3,(H2,19,20,26). The van der Waals surface area contributed by atoms with Crippen LogP contribution in [0, 0.1) is 0 Å². The summed E-state index contributed by atoms with van der Waals surface area (Å²) in [5.74, 6) is 1.75. The third-order valence-electron chi connectivity index (χ3n) is 3.98. The zero-order chi connectivity index (χ0) is 18.5. The molecule has 0 aliphatic carbocycles. The maximum Gasteiger partial charge on any atom is 0.319 e. The first kappa shape index (κ1) is 18.2. The molecule has 1 aromatic heterocycles. The number of rotatable bonds is 5. The highest BCUT2D eigenvalue weighted by atomic mass is 35.5. The first-order valence-corrected chi connectivity index (χ1v) is 8.87. The van der Waals surface area contributed by atoms with Gasteiger partial charge in [0.1, 0.15) is 0 Å². The quantitative estimate of drug-likeness (QED) is 0.835. The molecule has 9 heteroatoms. The van der Waals surface area contributed by atoms with Crippen LogP contribution in [-0.2, 0) is 6.54 Å². The Bertz CT molecular complexity index is 777. The van der Waals surface area contributed by atoms with Crippen LogP contribution in [-0.4, -0.2) is 48.2 Å². The van der Waals surface area contributed by atoms with Crippen molar-refractivity contribution >= 4 is 35.2 Å². The van der Waals surface area contributed by atoms with E-state index in [2.05, 4.69) is 30.5 Å². The average Bonchev–Trinajstić information content (AvgIpc) is 3.16. The van der Waals surface area contributed by atoms with Crippen molar-refractivity contribution in [3.05, 3.63) is 35.1 Å². The van der Waals surface area contributed by atoms with Gasteiger partial charge in [0.25, 0.3) is 0 Å². The number of nitrogens with one attached hydrogen (secondary N) is 2. The molecule has 2 heterocycles. The Hall–Kier alpha value is -2.61. The Morgan fingerprint density at radius 1 is 1.19 bits per heavy atom. The molecule has 0 spiro atoms. The van der Waals surface area contributed by atoms with Gasteiger partial charge in [0.2, 0.25) is 11.9 Å². The Labute approximate surface area is 157 Å². The van der Waals surface area contributed by atoms with E-state index in [-0.39, 0.29) is 12.6 Å². The van der Waals surface area contributed by atoms with Crippen LogP contribution in [0.15, 0.2) is 24.3 Å². The van der Waals surface area contributed by atoms with Crippen LogP contribution < -0.4 is 20.4 Å². The molecule has 0 atom stereocenters. The third-order valence-corrected chi connectivity index (χ3v) is 4.31. The van der Waals surface area contributed by atoms with E-state index in [1.54, 1.807) is 24.3 Å². The number of halogens is 1. The van der Waals surface area contributed by atoms with Gasteiger partial charge in [-0.2, -0.15) is 15.0 Å². The lowest BCUT2D eigenvalue weighted by Gasteiger charge is -2.19. The summed E-state index contributed by atoms with van der Waals surface area (Å²) >= 11 is 6.05. The van der Waals surface area contributed by atoms with E-state index in [4.69, 9.17) is 11.6 Å². The molecule has 0 saturated carbocycles. The van der Waals surface area contributed by atoms with Gasteiger partial charge < -0.3 is 20.4 Å². The van der Waals surface area contributed by atoms with Gasteiger partial charge in [-0.05, 0) is 25.0 Å². The molecule has 138 valence electrons. The molecule has 2 N–H and O–H groups in total. The summed E-state index contributed by atoms with van der Waals surface area (Å²) in [4.78, 5) is 29.5. The summed E-state index contributed by atoms with van der Waals surface area (Å²) < 4.78 is 0. The molecule has 0 bridgehead atoms. The fourth-order valence-corrected chi connectivity index (χ4v) is 2.80. The van der Waals surface area contributed by atoms with Gasteiger partial charge in [0, 0.05) is 27.2 Å². The van der Waals surface area contributed by atoms with Crippen LogP contribution in [0.4, 0.5) is 22.4 Å². The number of hydrogen-bond donors (Lipinski definition) is 2. The smallest absolute Gasteiger partial charge is 0.319 e. The lowest BCUT2D eigenvalue weighted by Crippen LogP contribution is -2.30. The van der Waals surface area contributed by atoms with Crippen LogP contribution in [0.2, 0.25) is 5.02 Å². The largest absolute Gasteiger partial charge is 0.347 e. The van der Waals surface area contributed by atoms with Crippen molar-refractivity contribution in [3.8, 4) is 0 Å². The number of anilines is 3. The fourth-order valence-electron chi connectivity index (χ4n) is 2.62. The molecule has 26 heavy (non-hydrogen) atoms. The summed E-state index contributed by atoms with van der Waals surface area (Å²) in [6, 6.07) is 6.69. The molecule has 0 radical (unpaired) electrons. The second-order valence-corrected chi connectivity index (χ2v) is 6.63. The SMILES string of the molecule is CN(C)c1nc(CNC(=O)Nc2ccccc2Cl)nc(N2CCCC2)n1. The van der Waals surface area contributed by atoms with Crippen LogP contribution in [0.5, 0.6) is 0 Å². The normalized spacial score (nSPS) is 13.6. The van der Waals surface area contributed by atoms with Crippen molar-refractivity contribution in [2.75, 3.05) is 42.3 Å². The van der Waals surface area contributed by atoms with Crippen molar-refractivity contribution in [1.82, 2.24) is 20.3 Å². The highest BCUT2D eigenvalue weighted by molar-refractivity contribution is 6.33. The topological polar surface area (TPSA) is 86.3 Å². The predicted molar refractivity (Wildman–Crippen MR) is 103 cm³/mol. The predicted octanol–water partition coefficient (Wildman–Crippen LogP) is 2.51. The summed E-state index contributed by atoms with van der Waals surface area (Å²) in [7, 11) is 3.76. The van der Waals surface area contributed by atoms with E-state index in [9.17, 15) is 4.79 Å². The number of carbonyl (C=O) groups is 1. The third kappa shape index (κ3) is 4.51. The molecule has 0 unspecified atom stereocenters. The molecule has 2 aromatic rings. The van der Waals surface area contributed by atoms with Gasteiger partial charge in [-0.25, -0.2) is 4.79 Å². The van der Waals surface area contributed by atoms with Crippen LogP contribution in [0.1, 0.15) is 18.7 Å². The zero-order valence-corrected chi connectivity index (χ0v) is 15.6. The number of carbonyl (C=O) groups excluding carboxylic acids is 1. The number of benzene rings is 1. The maximum atomic E-state index is 12.1. The molecule has 1 saturated heterocycles. The second-order valence-electron chi connectivity index (χ2n) is 6.23. The van der Waals surface area contributed by atoms with Crippen molar-refractivity contribution in [3.63, 3.8) is 0 Å². The number of para-hydroxylation sites is 1. The molecule has 3 rings (SSSR count). The van der Waals surface area contributed by atoms with Gasteiger partial charge in [-0.1, -0.05) is 23.7 Å². The Kier molecular flexibility index (Phi) is 5.72. The minimum atomic E-state index is -0.368. The van der Waals surface area contributed by atoms with Crippen LogP contribution in [0.3, 0.4) is 0 Å². The number of nitrogens with zero attached hydrogens (tertiary/aromatic N) is 5. The van der Waals surface area contributed by atoms with Crippen molar-refractivity contribution < 1.29 is 4.79 Å². The molecule has 1 fully saturated rings. The lowest BCUT2D eigenvalue weighted by atomic mass is 10.3. The van der Waals surface area contributed by atoms with E-state index in [0.717, 1.165) is 25.9 Å². The van der Waals surface area contributed by atoms with Crippen molar-refractivity contribution in [1.29, 1.82) is 0 Å². The van der Waals surface area contributed by atoms with E-state index < -0.39 is 0 Å². The van der Waals surface area contributed by atoms with E-state index in [1.807, 2.05) is 19.0 Å². The van der Waals surface area contributed by atoms with E-state index in [0.29, 0.717) is 28.4 Å². The molecule has 1 aliphatic rings. The number of amides is 2. The van der Waals surface area contributed by atoms with Gasteiger partial charge in [0.05, 0.1) is 17.3 Å². The Morgan fingerprint density at radius 2 is 1.92 bits per heavy atom. The van der Waals surface area contributed by atoms with Crippen molar-refractivity contribution in [2.24, 2.45) is 0 Å². The monoisotopic (exact) mass is 375 g/mol. The summed E-state index contributed by atoms with van der Waals surface area (Å²) in [5, 5.41) is 5.95. The average molecular weight is 376 g/mol. The van der Waals surface area contributed by atoms with E-state index >= 15 is 0 Å². The number of urea groups is 1. The van der Waals surface area contributed by atoms with Crippen molar-refractivity contribution in [2.45, 2.75) is 19.4 Å². The van der Waals surface area contributed by atoms with E-state index in [1.165, 1.54) is 0 Å². The van der Waals surface area contributed by atoms with Crippen LogP contribution >= 0.6 is 11.6 Å². The Balaban J connectivity index is 1.68. The lowest BCUT2D eigenvalue weighted by molar-refractivity contribution is 0.251. The summed E-state index contributed by atoms with van der Waals surface area (Å²) in [6.45, 7) is 2.08. The zero-order valence-electron chi connectivity index (χ0n) is 14.9. The van der Waals surface area contributed by atoms with Gasteiger partial charge >= 0.3 is 6.03 Å². The molecule has 2 amide bonds. The fraction of sp³-hybridized carbons (Fsp3) is 0.412. The highest BCUT2D eigenvalue weighted by Crippen LogP contribution is 2.20. The molecular weight excluding hydrogens is 354 g/mol. The molecule has 1 aromatic carbocycles. The van der Waals surface area contributed by atoms with Gasteiger partial charge in [0.15, 0.2) is 5.82 Å². The minimum Gasteiger partial charge on any atom is -0.347 e. The summed E-state index contributed by atoms with van der Waals surface area (Å²) in [5.41, 5.74) is 0.550. The van der Waals surface area contributed by atoms with Gasteiger partial charge in [-0.15, -0.1) is 0 Å². The highest BCUT2D eigenvalue weighted by Gasteiger charge is 2.18.